The average molecular weight is 341 g/mol. The Bertz CT molecular complexity index is 798. The van der Waals surface area contributed by atoms with Gasteiger partial charge in [0.2, 0.25) is 14.9 Å². The minimum absolute atomic E-state index is 0.160. The molecule has 118 valence electrons. The number of aryl methyl sites for hydroxylation is 2. The lowest BCUT2D eigenvalue weighted by Crippen LogP contribution is -2.28. The summed E-state index contributed by atoms with van der Waals surface area (Å²) >= 11 is 5.79. The molecule has 22 heavy (non-hydrogen) atoms. The Morgan fingerprint density at radius 3 is 2.55 bits per heavy atom. The van der Waals surface area contributed by atoms with Crippen molar-refractivity contribution in [3.05, 3.63) is 57.6 Å². The molecule has 0 saturated carbocycles. The molecule has 2 aromatic rings. The largest absolute Gasteiger partial charge is 0.312 e. The van der Waals surface area contributed by atoms with Gasteiger partial charge in [-0.1, -0.05) is 30.7 Å². The molecule has 0 radical (unpaired) electrons. The molecular formula is C15H17ClN2O3S. The van der Waals surface area contributed by atoms with Gasteiger partial charge in [-0.15, -0.1) is 0 Å². The first-order valence-corrected chi connectivity index (χ1v) is 8.99. The van der Waals surface area contributed by atoms with E-state index in [4.69, 9.17) is 11.6 Å². The molecule has 1 aromatic carbocycles. The molecule has 0 N–H and O–H groups in total. The molecule has 0 saturated heterocycles. The highest BCUT2D eigenvalue weighted by Gasteiger charge is 2.21. The SMILES string of the molecule is CCCn1ccnc(S(=O)(=O)CCc2ccc(Cl)cc2)c1=O. The van der Waals surface area contributed by atoms with Gasteiger partial charge in [0.1, 0.15) is 0 Å². The number of aromatic nitrogens is 2. The van der Waals surface area contributed by atoms with Crippen molar-refractivity contribution in [3.8, 4) is 0 Å². The maximum atomic E-state index is 12.3. The first-order valence-electron chi connectivity index (χ1n) is 6.96. The van der Waals surface area contributed by atoms with Crippen LogP contribution in [0.5, 0.6) is 0 Å². The van der Waals surface area contributed by atoms with Crippen LogP contribution in [0.3, 0.4) is 0 Å². The van der Waals surface area contributed by atoms with Crippen LogP contribution in [-0.4, -0.2) is 23.7 Å². The highest BCUT2D eigenvalue weighted by molar-refractivity contribution is 7.91. The summed E-state index contributed by atoms with van der Waals surface area (Å²) in [7, 11) is -3.72. The van der Waals surface area contributed by atoms with E-state index in [1.807, 2.05) is 6.92 Å². The summed E-state index contributed by atoms with van der Waals surface area (Å²) < 4.78 is 26.1. The summed E-state index contributed by atoms with van der Waals surface area (Å²) in [6, 6.07) is 6.95. The van der Waals surface area contributed by atoms with Crippen molar-refractivity contribution >= 4 is 21.4 Å². The van der Waals surface area contributed by atoms with Crippen LogP contribution in [0.1, 0.15) is 18.9 Å². The minimum atomic E-state index is -3.72. The van der Waals surface area contributed by atoms with E-state index >= 15 is 0 Å². The van der Waals surface area contributed by atoms with Crippen molar-refractivity contribution in [2.45, 2.75) is 31.3 Å². The molecule has 0 bridgehead atoms. The number of nitrogens with zero attached hydrogens (tertiary/aromatic N) is 2. The maximum absolute atomic E-state index is 12.3. The quantitative estimate of drug-likeness (QED) is 0.809. The number of hydrogen-bond acceptors (Lipinski definition) is 4. The number of rotatable bonds is 6. The van der Waals surface area contributed by atoms with Crippen LogP contribution < -0.4 is 5.56 Å². The molecule has 0 fully saturated rings. The molecule has 0 unspecified atom stereocenters. The fraction of sp³-hybridized carbons (Fsp3) is 0.333. The Kier molecular flexibility index (Phi) is 5.37. The monoisotopic (exact) mass is 340 g/mol. The minimum Gasteiger partial charge on any atom is -0.312 e. The van der Waals surface area contributed by atoms with Gasteiger partial charge >= 0.3 is 0 Å². The molecule has 0 atom stereocenters. The zero-order valence-electron chi connectivity index (χ0n) is 12.2. The topological polar surface area (TPSA) is 69.0 Å². The fourth-order valence-electron chi connectivity index (χ4n) is 2.06. The zero-order chi connectivity index (χ0) is 16.2. The third kappa shape index (κ3) is 3.96. The zero-order valence-corrected chi connectivity index (χ0v) is 13.8. The van der Waals surface area contributed by atoms with Crippen LogP contribution in [-0.2, 0) is 22.8 Å². The summed E-state index contributed by atoms with van der Waals surface area (Å²) in [5, 5.41) is 0.219. The first-order chi connectivity index (χ1) is 10.4. The van der Waals surface area contributed by atoms with Crippen LogP contribution in [0.15, 0.2) is 46.5 Å². The second-order valence-corrected chi connectivity index (χ2v) is 7.39. The molecule has 0 aliphatic heterocycles. The third-order valence-corrected chi connectivity index (χ3v) is 5.08. The molecular weight excluding hydrogens is 324 g/mol. The van der Waals surface area contributed by atoms with Gasteiger partial charge in [0, 0.05) is 24.0 Å². The molecule has 5 nitrogen and oxygen atoms in total. The fourth-order valence-corrected chi connectivity index (χ4v) is 3.49. The smallest absolute Gasteiger partial charge is 0.288 e. The van der Waals surface area contributed by atoms with E-state index in [2.05, 4.69) is 4.98 Å². The van der Waals surface area contributed by atoms with Crippen molar-refractivity contribution in [2.24, 2.45) is 0 Å². The Morgan fingerprint density at radius 1 is 1.23 bits per heavy atom. The van der Waals surface area contributed by atoms with E-state index in [0.29, 0.717) is 18.0 Å². The molecule has 7 heteroatoms. The van der Waals surface area contributed by atoms with Gasteiger partial charge in [-0.3, -0.25) is 4.79 Å². The van der Waals surface area contributed by atoms with Crippen molar-refractivity contribution in [3.63, 3.8) is 0 Å². The van der Waals surface area contributed by atoms with Gasteiger partial charge in [-0.05, 0) is 30.5 Å². The molecule has 0 amide bonds. The van der Waals surface area contributed by atoms with Crippen molar-refractivity contribution in [1.29, 1.82) is 0 Å². The van der Waals surface area contributed by atoms with E-state index in [1.165, 1.54) is 17.0 Å². The van der Waals surface area contributed by atoms with E-state index in [1.54, 1.807) is 24.3 Å². The van der Waals surface area contributed by atoms with Crippen LogP contribution >= 0.6 is 11.6 Å². The van der Waals surface area contributed by atoms with Crippen molar-refractivity contribution < 1.29 is 8.42 Å². The van der Waals surface area contributed by atoms with E-state index in [9.17, 15) is 13.2 Å². The molecule has 2 rings (SSSR count). The van der Waals surface area contributed by atoms with Crippen LogP contribution in [0.4, 0.5) is 0 Å². The van der Waals surface area contributed by atoms with E-state index in [-0.39, 0.29) is 10.8 Å². The first kappa shape index (κ1) is 16.7. The number of halogens is 1. The second-order valence-electron chi connectivity index (χ2n) is 4.93. The highest BCUT2D eigenvalue weighted by atomic mass is 35.5. The summed E-state index contributed by atoms with van der Waals surface area (Å²) in [6.45, 7) is 2.39. The molecule has 0 aliphatic carbocycles. The molecule has 1 aromatic heterocycles. The predicted octanol–water partition coefficient (Wildman–Crippen LogP) is 2.32. The summed E-state index contributed by atoms with van der Waals surface area (Å²) in [4.78, 5) is 15.9. The Morgan fingerprint density at radius 2 is 1.91 bits per heavy atom. The second kappa shape index (κ2) is 7.07. The van der Waals surface area contributed by atoms with E-state index < -0.39 is 15.4 Å². The molecule has 0 spiro atoms. The molecule has 0 aliphatic rings. The van der Waals surface area contributed by atoms with Crippen LogP contribution in [0, 0.1) is 0 Å². The Labute approximate surface area is 134 Å². The lowest BCUT2D eigenvalue weighted by molar-refractivity contribution is 0.578. The lowest BCUT2D eigenvalue weighted by Gasteiger charge is -2.07. The Balaban J connectivity index is 2.22. The van der Waals surface area contributed by atoms with E-state index in [0.717, 1.165) is 12.0 Å². The van der Waals surface area contributed by atoms with Gasteiger partial charge < -0.3 is 4.57 Å². The summed E-state index contributed by atoms with van der Waals surface area (Å²) in [5.41, 5.74) is 0.290. The average Bonchev–Trinajstić information content (AvgIpc) is 2.49. The summed E-state index contributed by atoms with van der Waals surface area (Å²) in [5.74, 6) is -0.160. The Hall–Kier alpha value is -1.66. The van der Waals surface area contributed by atoms with Crippen LogP contribution in [0.25, 0.3) is 0 Å². The maximum Gasteiger partial charge on any atom is 0.288 e. The predicted molar refractivity (Wildman–Crippen MR) is 86.0 cm³/mol. The van der Waals surface area contributed by atoms with Crippen molar-refractivity contribution in [1.82, 2.24) is 9.55 Å². The normalized spacial score (nSPS) is 11.5. The highest BCUT2D eigenvalue weighted by Crippen LogP contribution is 2.12. The molecule has 1 heterocycles. The number of benzene rings is 1. The number of hydrogen-bond donors (Lipinski definition) is 0. The van der Waals surface area contributed by atoms with Gasteiger partial charge in [0.05, 0.1) is 5.75 Å². The summed E-state index contributed by atoms with van der Waals surface area (Å²) in [6.07, 6.45) is 3.91. The third-order valence-electron chi connectivity index (χ3n) is 3.21. The lowest BCUT2D eigenvalue weighted by atomic mass is 10.2. The van der Waals surface area contributed by atoms with Gasteiger partial charge in [-0.25, -0.2) is 13.4 Å². The van der Waals surface area contributed by atoms with Gasteiger partial charge in [0.25, 0.3) is 5.56 Å². The standard InChI is InChI=1S/C15H17ClN2O3S/c1-2-9-18-10-8-17-14(15(18)19)22(20,21)11-7-12-3-5-13(16)6-4-12/h3-6,8,10H,2,7,9,11H2,1H3. The van der Waals surface area contributed by atoms with Crippen molar-refractivity contribution in [2.75, 3.05) is 5.75 Å². The van der Waals surface area contributed by atoms with Gasteiger partial charge in [0.15, 0.2) is 0 Å². The van der Waals surface area contributed by atoms with Gasteiger partial charge in [-0.2, -0.15) is 0 Å². The van der Waals surface area contributed by atoms with Crippen LogP contribution in [0.2, 0.25) is 5.02 Å². The number of sulfone groups is 1.